The highest BCUT2D eigenvalue weighted by molar-refractivity contribution is 5.79. The number of hydrogen-bond acceptors (Lipinski definition) is 2. The molecule has 0 bridgehead atoms. The highest BCUT2D eigenvalue weighted by Crippen LogP contribution is 2.26. The van der Waals surface area contributed by atoms with Crippen molar-refractivity contribution in [2.75, 3.05) is 13.1 Å². The minimum atomic E-state index is 0.211. The summed E-state index contributed by atoms with van der Waals surface area (Å²) < 4.78 is 0. The van der Waals surface area contributed by atoms with Crippen LogP contribution < -0.4 is 5.32 Å². The van der Waals surface area contributed by atoms with E-state index in [1.54, 1.807) is 0 Å². The topological polar surface area (TPSA) is 32.3 Å². The van der Waals surface area contributed by atoms with E-state index in [1.807, 2.05) is 17.0 Å². The molecule has 3 heteroatoms. The van der Waals surface area contributed by atoms with Gasteiger partial charge in [-0.3, -0.25) is 4.79 Å². The van der Waals surface area contributed by atoms with Gasteiger partial charge in [0.25, 0.3) is 0 Å². The van der Waals surface area contributed by atoms with E-state index in [2.05, 4.69) is 38.2 Å². The molecule has 104 valence electrons. The van der Waals surface area contributed by atoms with Crippen LogP contribution in [0.3, 0.4) is 0 Å². The molecule has 19 heavy (non-hydrogen) atoms. The molecule has 3 nitrogen and oxygen atoms in total. The molecular weight excluding hydrogens is 236 g/mol. The number of carbonyl (C=O) groups is 1. The van der Waals surface area contributed by atoms with Crippen molar-refractivity contribution in [2.24, 2.45) is 0 Å². The fourth-order valence-electron chi connectivity index (χ4n) is 2.55. The van der Waals surface area contributed by atoms with Gasteiger partial charge in [0, 0.05) is 18.6 Å². The van der Waals surface area contributed by atoms with Gasteiger partial charge in [-0.15, -0.1) is 0 Å². The van der Waals surface area contributed by atoms with Crippen molar-refractivity contribution in [3.8, 4) is 0 Å². The van der Waals surface area contributed by atoms with Gasteiger partial charge in [-0.2, -0.15) is 0 Å². The number of amides is 1. The lowest BCUT2D eigenvalue weighted by molar-refractivity contribution is -0.130. The number of aryl methyl sites for hydroxylation is 1. The SMILES string of the molecule is CCN(C(=O)CN[C@H](C)c1ccccc1C)C1CC1. The minimum absolute atomic E-state index is 0.211. The summed E-state index contributed by atoms with van der Waals surface area (Å²) in [6, 6.07) is 9.04. The van der Waals surface area contributed by atoms with E-state index in [1.165, 1.54) is 24.0 Å². The van der Waals surface area contributed by atoms with Crippen molar-refractivity contribution in [2.45, 2.75) is 45.7 Å². The second kappa shape index (κ2) is 6.20. The van der Waals surface area contributed by atoms with E-state index < -0.39 is 0 Å². The third-order valence-corrected chi connectivity index (χ3v) is 3.86. The summed E-state index contributed by atoms with van der Waals surface area (Å²) in [5.74, 6) is 0.227. The summed E-state index contributed by atoms with van der Waals surface area (Å²) in [6.45, 7) is 7.53. The molecular formula is C16H24N2O. The second-order valence-electron chi connectivity index (χ2n) is 5.37. The summed E-state index contributed by atoms with van der Waals surface area (Å²) >= 11 is 0. The average Bonchev–Trinajstić information content (AvgIpc) is 3.22. The summed E-state index contributed by atoms with van der Waals surface area (Å²) in [7, 11) is 0. The van der Waals surface area contributed by atoms with Crippen LogP contribution in [0.25, 0.3) is 0 Å². The molecule has 1 fully saturated rings. The number of carbonyl (C=O) groups excluding carboxylic acids is 1. The van der Waals surface area contributed by atoms with E-state index >= 15 is 0 Å². The lowest BCUT2D eigenvalue weighted by atomic mass is 10.0. The van der Waals surface area contributed by atoms with Crippen molar-refractivity contribution in [1.29, 1.82) is 0 Å². The van der Waals surface area contributed by atoms with Crippen LogP contribution in [0.4, 0.5) is 0 Å². The van der Waals surface area contributed by atoms with Crippen LogP contribution in [0, 0.1) is 6.92 Å². The quantitative estimate of drug-likeness (QED) is 0.853. The normalized spacial score (nSPS) is 16.2. The van der Waals surface area contributed by atoms with Gasteiger partial charge < -0.3 is 10.2 Å². The van der Waals surface area contributed by atoms with Crippen LogP contribution in [0.5, 0.6) is 0 Å². The molecule has 0 radical (unpaired) electrons. The maximum atomic E-state index is 12.1. The van der Waals surface area contributed by atoms with Crippen LogP contribution in [-0.4, -0.2) is 29.9 Å². The highest BCUT2D eigenvalue weighted by atomic mass is 16.2. The number of hydrogen-bond donors (Lipinski definition) is 1. The van der Waals surface area contributed by atoms with Gasteiger partial charge >= 0.3 is 0 Å². The van der Waals surface area contributed by atoms with Crippen LogP contribution in [-0.2, 0) is 4.79 Å². The first-order chi connectivity index (χ1) is 9.13. The maximum absolute atomic E-state index is 12.1. The molecule has 1 aromatic carbocycles. The molecule has 0 aliphatic heterocycles. The Kier molecular flexibility index (Phi) is 4.59. The average molecular weight is 260 g/mol. The summed E-state index contributed by atoms with van der Waals surface area (Å²) in [5, 5.41) is 3.35. The molecule has 2 rings (SSSR count). The Morgan fingerprint density at radius 1 is 1.42 bits per heavy atom. The molecule has 1 saturated carbocycles. The number of benzene rings is 1. The number of rotatable bonds is 6. The predicted octanol–water partition coefficient (Wildman–Crippen LogP) is 2.66. The van der Waals surface area contributed by atoms with Crippen LogP contribution in [0.2, 0.25) is 0 Å². The predicted molar refractivity (Wildman–Crippen MR) is 78.0 cm³/mol. The summed E-state index contributed by atoms with van der Waals surface area (Å²) in [6.07, 6.45) is 2.35. The van der Waals surface area contributed by atoms with Crippen LogP contribution in [0.15, 0.2) is 24.3 Å². The first kappa shape index (κ1) is 14.1. The lowest BCUT2D eigenvalue weighted by Crippen LogP contribution is -2.40. The van der Waals surface area contributed by atoms with E-state index in [-0.39, 0.29) is 11.9 Å². The van der Waals surface area contributed by atoms with Gasteiger partial charge in [-0.05, 0) is 44.7 Å². The highest BCUT2D eigenvalue weighted by Gasteiger charge is 2.31. The zero-order valence-corrected chi connectivity index (χ0v) is 12.1. The van der Waals surface area contributed by atoms with Gasteiger partial charge in [0.15, 0.2) is 0 Å². The van der Waals surface area contributed by atoms with Gasteiger partial charge in [0.05, 0.1) is 6.54 Å². The number of likely N-dealkylation sites (N-methyl/N-ethyl adjacent to an activating group) is 1. The Morgan fingerprint density at radius 2 is 2.11 bits per heavy atom. The third-order valence-electron chi connectivity index (χ3n) is 3.86. The van der Waals surface area contributed by atoms with E-state index in [4.69, 9.17) is 0 Å². The largest absolute Gasteiger partial charge is 0.339 e. The second-order valence-corrected chi connectivity index (χ2v) is 5.37. The first-order valence-electron chi connectivity index (χ1n) is 7.21. The Morgan fingerprint density at radius 3 is 2.68 bits per heavy atom. The van der Waals surface area contributed by atoms with Crippen molar-refractivity contribution in [3.05, 3.63) is 35.4 Å². The molecule has 0 heterocycles. The fourth-order valence-corrected chi connectivity index (χ4v) is 2.55. The number of nitrogens with zero attached hydrogens (tertiary/aromatic N) is 1. The maximum Gasteiger partial charge on any atom is 0.236 e. The Balaban J connectivity index is 1.88. The Hall–Kier alpha value is -1.35. The first-order valence-corrected chi connectivity index (χ1v) is 7.21. The van der Waals surface area contributed by atoms with Crippen molar-refractivity contribution in [1.82, 2.24) is 10.2 Å². The van der Waals surface area contributed by atoms with Gasteiger partial charge in [-0.1, -0.05) is 24.3 Å². The molecule has 0 aromatic heterocycles. The standard InChI is InChI=1S/C16H24N2O/c1-4-18(14-9-10-14)16(19)11-17-13(3)15-8-6-5-7-12(15)2/h5-8,13-14,17H,4,9-11H2,1-3H3/t13-/m1/s1. The van der Waals surface area contributed by atoms with Gasteiger partial charge in [-0.25, -0.2) is 0 Å². The van der Waals surface area contributed by atoms with Crippen LogP contribution >= 0.6 is 0 Å². The molecule has 1 aliphatic rings. The van der Waals surface area contributed by atoms with Gasteiger partial charge in [0.2, 0.25) is 5.91 Å². The van der Waals surface area contributed by atoms with Crippen molar-refractivity contribution < 1.29 is 4.79 Å². The van der Waals surface area contributed by atoms with Crippen LogP contribution in [0.1, 0.15) is 43.9 Å². The molecule has 0 unspecified atom stereocenters. The third kappa shape index (κ3) is 3.57. The molecule has 1 atom stereocenters. The Bertz CT molecular complexity index is 440. The van der Waals surface area contributed by atoms with Crippen molar-refractivity contribution >= 4 is 5.91 Å². The molecule has 0 spiro atoms. The van der Waals surface area contributed by atoms with E-state index in [0.29, 0.717) is 12.6 Å². The monoisotopic (exact) mass is 260 g/mol. The molecule has 1 amide bonds. The lowest BCUT2D eigenvalue weighted by Gasteiger charge is -2.22. The molecule has 1 aromatic rings. The van der Waals surface area contributed by atoms with E-state index in [9.17, 15) is 4.79 Å². The zero-order valence-electron chi connectivity index (χ0n) is 12.1. The minimum Gasteiger partial charge on any atom is -0.339 e. The smallest absolute Gasteiger partial charge is 0.236 e. The van der Waals surface area contributed by atoms with Gasteiger partial charge in [0.1, 0.15) is 0 Å². The Labute approximate surface area is 116 Å². The number of nitrogens with one attached hydrogen (secondary N) is 1. The fraction of sp³-hybridized carbons (Fsp3) is 0.562. The van der Waals surface area contributed by atoms with E-state index in [0.717, 1.165) is 6.54 Å². The molecule has 1 N–H and O–H groups in total. The zero-order chi connectivity index (χ0) is 13.8. The molecule has 0 saturated heterocycles. The summed E-state index contributed by atoms with van der Waals surface area (Å²) in [5.41, 5.74) is 2.54. The van der Waals surface area contributed by atoms with Crippen molar-refractivity contribution in [3.63, 3.8) is 0 Å². The summed E-state index contributed by atoms with van der Waals surface area (Å²) in [4.78, 5) is 14.1. The molecule has 1 aliphatic carbocycles.